The molecule has 1 N–H and O–H groups in total. The van der Waals surface area contributed by atoms with E-state index in [2.05, 4.69) is 53.5 Å². The summed E-state index contributed by atoms with van der Waals surface area (Å²) in [5.74, 6) is 0.922. The molecule has 0 saturated carbocycles. The van der Waals surface area contributed by atoms with Gasteiger partial charge in [0.1, 0.15) is 12.4 Å². The average Bonchev–Trinajstić information content (AvgIpc) is 2.54. The second-order valence-electron chi connectivity index (χ2n) is 5.81. The number of hydrogen-bond donors (Lipinski definition) is 1. The largest absolute Gasteiger partial charge is 0.492 e. The van der Waals surface area contributed by atoms with Crippen molar-refractivity contribution < 1.29 is 4.74 Å². The van der Waals surface area contributed by atoms with Crippen molar-refractivity contribution in [2.45, 2.75) is 13.0 Å². The van der Waals surface area contributed by atoms with Crippen LogP contribution in [0.2, 0.25) is 0 Å². The van der Waals surface area contributed by atoms with Crippen molar-refractivity contribution in [3.8, 4) is 16.9 Å². The molecule has 0 aliphatic carbocycles. The third-order valence-electron chi connectivity index (χ3n) is 3.84. The van der Waals surface area contributed by atoms with Gasteiger partial charge in [0.15, 0.2) is 0 Å². The van der Waals surface area contributed by atoms with Crippen molar-refractivity contribution in [2.24, 2.45) is 0 Å². The van der Waals surface area contributed by atoms with Gasteiger partial charge in [-0.05, 0) is 56.9 Å². The van der Waals surface area contributed by atoms with E-state index >= 15 is 0 Å². The standard InChI is InChI=1S/C19H26N2O/c1-15(20-2)16-5-7-17(8-6-16)18-9-11-19(12-10-18)22-14-13-21(3)4/h5-12,15,20H,13-14H2,1-4H3. The van der Waals surface area contributed by atoms with Crippen LogP contribution >= 0.6 is 0 Å². The number of benzene rings is 2. The van der Waals surface area contributed by atoms with Crippen molar-refractivity contribution in [3.63, 3.8) is 0 Å². The Kier molecular flexibility index (Phi) is 5.99. The molecule has 0 saturated heterocycles. The summed E-state index contributed by atoms with van der Waals surface area (Å²) in [6, 6.07) is 17.4. The molecule has 22 heavy (non-hydrogen) atoms. The molecule has 1 atom stereocenters. The molecule has 2 aromatic rings. The molecular formula is C19H26N2O. The van der Waals surface area contributed by atoms with Crippen LogP contribution in [0.4, 0.5) is 0 Å². The van der Waals surface area contributed by atoms with Gasteiger partial charge in [0.25, 0.3) is 0 Å². The highest BCUT2D eigenvalue weighted by Crippen LogP contribution is 2.24. The first kappa shape index (κ1) is 16.5. The monoisotopic (exact) mass is 298 g/mol. The molecule has 0 aromatic heterocycles. The predicted molar refractivity (Wildman–Crippen MR) is 93.4 cm³/mol. The Morgan fingerprint density at radius 2 is 1.50 bits per heavy atom. The highest BCUT2D eigenvalue weighted by molar-refractivity contribution is 5.64. The molecule has 3 heteroatoms. The topological polar surface area (TPSA) is 24.5 Å². The zero-order valence-corrected chi connectivity index (χ0v) is 14.0. The Balaban J connectivity index is 2.00. The second-order valence-corrected chi connectivity index (χ2v) is 5.81. The van der Waals surface area contributed by atoms with Crippen LogP contribution in [0.5, 0.6) is 5.75 Å². The quantitative estimate of drug-likeness (QED) is 0.845. The maximum Gasteiger partial charge on any atom is 0.119 e. The first-order valence-corrected chi connectivity index (χ1v) is 7.75. The highest BCUT2D eigenvalue weighted by Gasteiger charge is 2.03. The predicted octanol–water partition coefficient (Wildman–Crippen LogP) is 3.57. The summed E-state index contributed by atoms with van der Waals surface area (Å²) in [6.07, 6.45) is 0. The molecule has 0 fully saturated rings. The summed E-state index contributed by atoms with van der Waals surface area (Å²) in [5.41, 5.74) is 3.74. The van der Waals surface area contributed by atoms with Crippen molar-refractivity contribution in [1.82, 2.24) is 10.2 Å². The lowest BCUT2D eigenvalue weighted by Crippen LogP contribution is -2.19. The second kappa shape index (κ2) is 7.97. The van der Waals surface area contributed by atoms with Crippen molar-refractivity contribution >= 4 is 0 Å². The van der Waals surface area contributed by atoms with Crippen molar-refractivity contribution in [1.29, 1.82) is 0 Å². The Labute approximate surface area is 133 Å². The van der Waals surface area contributed by atoms with Gasteiger partial charge in [0, 0.05) is 12.6 Å². The lowest BCUT2D eigenvalue weighted by atomic mass is 10.0. The van der Waals surface area contributed by atoms with Crippen LogP contribution in [0.15, 0.2) is 48.5 Å². The Hall–Kier alpha value is -1.84. The lowest BCUT2D eigenvalue weighted by Gasteiger charge is -2.12. The zero-order chi connectivity index (χ0) is 15.9. The summed E-state index contributed by atoms with van der Waals surface area (Å²) >= 11 is 0. The number of likely N-dealkylation sites (N-methyl/N-ethyl adjacent to an activating group) is 1. The maximum atomic E-state index is 5.72. The third-order valence-corrected chi connectivity index (χ3v) is 3.84. The maximum absolute atomic E-state index is 5.72. The van der Waals surface area contributed by atoms with E-state index in [9.17, 15) is 0 Å². The van der Waals surface area contributed by atoms with Gasteiger partial charge >= 0.3 is 0 Å². The summed E-state index contributed by atoms with van der Waals surface area (Å²) in [7, 11) is 6.07. The number of nitrogens with zero attached hydrogens (tertiary/aromatic N) is 1. The number of hydrogen-bond acceptors (Lipinski definition) is 3. The Bertz CT molecular complexity index is 561. The molecule has 0 radical (unpaired) electrons. The van der Waals surface area contributed by atoms with E-state index in [-0.39, 0.29) is 0 Å². The molecule has 2 rings (SSSR count). The van der Waals surface area contributed by atoms with Gasteiger partial charge in [-0.1, -0.05) is 36.4 Å². The fourth-order valence-corrected chi connectivity index (χ4v) is 2.22. The van der Waals surface area contributed by atoms with E-state index in [4.69, 9.17) is 4.74 Å². The van der Waals surface area contributed by atoms with Crippen LogP contribution in [0.3, 0.4) is 0 Å². The first-order valence-electron chi connectivity index (χ1n) is 7.75. The van der Waals surface area contributed by atoms with E-state index in [0.717, 1.165) is 12.3 Å². The molecule has 0 aliphatic heterocycles. The van der Waals surface area contributed by atoms with Crippen molar-refractivity contribution in [3.05, 3.63) is 54.1 Å². The molecule has 1 unspecified atom stereocenters. The molecule has 0 bridgehead atoms. The third kappa shape index (κ3) is 4.58. The van der Waals surface area contributed by atoms with Crippen LogP contribution in [0, 0.1) is 0 Å². The van der Waals surface area contributed by atoms with E-state index in [1.54, 1.807) is 0 Å². The van der Waals surface area contributed by atoms with Gasteiger partial charge in [-0.2, -0.15) is 0 Å². The van der Waals surface area contributed by atoms with Gasteiger partial charge in [-0.3, -0.25) is 0 Å². The Morgan fingerprint density at radius 3 is 2.00 bits per heavy atom. The van der Waals surface area contributed by atoms with Crippen molar-refractivity contribution in [2.75, 3.05) is 34.3 Å². The number of nitrogens with one attached hydrogen (secondary N) is 1. The molecule has 3 nitrogen and oxygen atoms in total. The summed E-state index contributed by atoms with van der Waals surface area (Å²) in [4.78, 5) is 2.11. The molecule has 0 amide bonds. The smallest absolute Gasteiger partial charge is 0.119 e. The van der Waals surface area contributed by atoms with Gasteiger partial charge in [0.05, 0.1) is 0 Å². The molecule has 0 spiro atoms. The van der Waals surface area contributed by atoms with Crippen LogP contribution < -0.4 is 10.1 Å². The summed E-state index contributed by atoms with van der Waals surface area (Å²) in [5, 5.41) is 3.26. The molecular weight excluding hydrogens is 272 g/mol. The average molecular weight is 298 g/mol. The van der Waals surface area contributed by atoms with Gasteiger partial charge in [0.2, 0.25) is 0 Å². The van der Waals surface area contributed by atoms with E-state index < -0.39 is 0 Å². The minimum Gasteiger partial charge on any atom is -0.492 e. The number of ether oxygens (including phenoxy) is 1. The van der Waals surface area contributed by atoms with Gasteiger partial charge in [-0.25, -0.2) is 0 Å². The van der Waals surface area contributed by atoms with E-state index in [1.165, 1.54) is 16.7 Å². The van der Waals surface area contributed by atoms with Crippen LogP contribution in [-0.2, 0) is 0 Å². The molecule has 118 valence electrons. The molecule has 0 heterocycles. The van der Waals surface area contributed by atoms with Crippen LogP contribution in [0.25, 0.3) is 11.1 Å². The summed E-state index contributed by atoms with van der Waals surface area (Å²) < 4.78 is 5.72. The summed E-state index contributed by atoms with van der Waals surface area (Å²) in [6.45, 7) is 3.80. The minimum absolute atomic E-state index is 0.376. The highest BCUT2D eigenvalue weighted by atomic mass is 16.5. The fourth-order valence-electron chi connectivity index (χ4n) is 2.22. The number of rotatable bonds is 7. The van der Waals surface area contributed by atoms with E-state index in [0.29, 0.717) is 12.6 Å². The van der Waals surface area contributed by atoms with Gasteiger partial charge < -0.3 is 15.0 Å². The lowest BCUT2D eigenvalue weighted by molar-refractivity contribution is 0.261. The minimum atomic E-state index is 0.376. The fraction of sp³-hybridized carbons (Fsp3) is 0.368. The van der Waals surface area contributed by atoms with E-state index in [1.807, 2.05) is 33.3 Å². The molecule has 2 aromatic carbocycles. The zero-order valence-electron chi connectivity index (χ0n) is 14.0. The van der Waals surface area contributed by atoms with Crippen LogP contribution in [-0.4, -0.2) is 39.2 Å². The van der Waals surface area contributed by atoms with Crippen LogP contribution in [0.1, 0.15) is 18.5 Å². The first-order chi connectivity index (χ1) is 10.6. The Morgan fingerprint density at radius 1 is 0.955 bits per heavy atom. The van der Waals surface area contributed by atoms with Gasteiger partial charge in [-0.15, -0.1) is 0 Å². The normalized spacial score (nSPS) is 12.4. The molecule has 0 aliphatic rings. The SMILES string of the molecule is CNC(C)c1ccc(-c2ccc(OCCN(C)C)cc2)cc1.